The fraction of sp³-hybridized carbons (Fsp3) is 0.923. The van der Waals surface area contributed by atoms with E-state index in [-0.39, 0.29) is 5.41 Å². The van der Waals surface area contributed by atoms with Gasteiger partial charge < -0.3 is 5.32 Å². The minimum atomic E-state index is 0.00159. The highest BCUT2D eigenvalue weighted by Gasteiger charge is 2.45. The Morgan fingerprint density at radius 3 is 2.33 bits per heavy atom. The number of carbonyl (C=O) groups excluding carboxylic acids is 1. The molecule has 2 fully saturated rings. The molecule has 86 valence electrons. The third-order valence-corrected chi connectivity index (χ3v) is 4.31. The fourth-order valence-electron chi connectivity index (χ4n) is 2.49. The van der Waals surface area contributed by atoms with Crippen LogP contribution in [0.5, 0.6) is 0 Å². The Labute approximate surface area is 92.8 Å². The molecule has 0 heterocycles. The smallest absolute Gasteiger partial charge is 0.226 e. The Hall–Kier alpha value is -0.530. The maximum Gasteiger partial charge on any atom is 0.226 e. The Morgan fingerprint density at radius 2 is 1.87 bits per heavy atom. The number of rotatable bonds is 3. The molecule has 0 aromatic rings. The summed E-state index contributed by atoms with van der Waals surface area (Å²) in [5.74, 6) is 1.22. The van der Waals surface area contributed by atoms with Crippen LogP contribution < -0.4 is 5.32 Å². The highest BCUT2D eigenvalue weighted by atomic mass is 16.2. The lowest BCUT2D eigenvalue weighted by molar-refractivity contribution is -0.126. The van der Waals surface area contributed by atoms with E-state index in [0.717, 1.165) is 18.8 Å². The van der Waals surface area contributed by atoms with Crippen LogP contribution in [0.25, 0.3) is 0 Å². The van der Waals surface area contributed by atoms with Crippen LogP contribution in [0.15, 0.2) is 0 Å². The van der Waals surface area contributed by atoms with E-state index in [4.69, 9.17) is 0 Å². The molecule has 0 unspecified atom stereocenters. The maximum absolute atomic E-state index is 11.8. The zero-order valence-electron chi connectivity index (χ0n) is 10.0. The molecule has 0 saturated heterocycles. The Bertz CT molecular complexity index is 237. The van der Waals surface area contributed by atoms with Crippen molar-refractivity contribution in [2.75, 3.05) is 0 Å². The van der Waals surface area contributed by atoms with Crippen LogP contribution in [0, 0.1) is 11.3 Å². The number of amides is 1. The standard InChI is InChI=1S/C13H23NO/c1-3-10-4-6-11(7-5-10)14-12(15)13(2)8-9-13/h10-11H,3-9H2,1-2H3,(H,14,15)/t10-,11-. The molecule has 1 N–H and O–H groups in total. The van der Waals surface area contributed by atoms with Crippen LogP contribution in [0.2, 0.25) is 0 Å². The molecule has 0 radical (unpaired) electrons. The van der Waals surface area contributed by atoms with Crippen molar-refractivity contribution in [2.45, 2.75) is 64.8 Å². The topological polar surface area (TPSA) is 29.1 Å². The number of hydrogen-bond acceptors (Lipinski definition) is 1. The Kier molecular flexibility index (Phi) is 3.03. The first kappa shape index (κ1) is 11.0. The normalized spacial score (nSPS) is 33.5. The van der Waals surface area contributed by atoms with E-state index in [9.17, 15) is 4.79 Å². The van der Waals surface area contributed by atoms with E-state index in [2.05, 4.69) is 19.2 Å². The molecule has 0 aromatic heterocycles. The van der Waals surface area contributed by atoms with Crippen LogP contribution >= 0.6 is 0 Å². The van der Waals surface area contributed by atoms with E-state index in [0.29, 0.717) is 11.9 Å². The van der Waals surface area contributed by atoms with Crippen molar-refractivity contribution in [3.8, 4) is 0 Å². The van der Waals surface area contributed by atoms with Crippen LogP contribution in [0.3, 0.4) is 0 Å². The number of carbonyl (C=O) groups is 1. The SMILES string of the molecule is CC[C@H]1CC[C@H](NC(=O)C2(C)CC2)CC1. The van der Waals surface area contributed by atoms with Gasteiger partial charge in [-0.3, -0.25) is 4.79 Å². The number of nitrogens with one attached hydrogen (secondary N) is 1. The molecule has 0 aromatic carbocycles. The molecule has 0 bridgehead atoms. The minimum absolute atomic E-state index is 0.00159. The second kappa shape index (κ2) is 4.15. The predicted molar refractivity (Wildman–Crippen MR) is 61.5 cm³/mol. The van der Waals surface area contributed by atoms with Crippen LogP contribution in [-0.4, -0.2) is 11.9 Å². The monoisotopic (exact) mass is 209 g/mol. The minimum Gasteiger partial charge on any atom is -0.353 e. The highest BCUT2D eigenvalue weighted by Crippen LogP contribution is 2.45. The van der Waals surface area contributed by atoms with E-state index in [1.165, 1.54) is 32.1 Å². The maximum atomic E-state index is 11.8. The summed E-state index contributed by atoms with van der Waals surface area (Å²) in [5, 5.41) is 3.23. The molecule has 2 aliphatic carbocycles. The second-order valence-corrected chi connectivity index (χ2v) is 5.66. The summed E-state index contributed by atoms with van der Waals surface area (Å²) < 4.78 is 0. The van der Waals surface area contributed by atoms with Crippen molar-refractivity contribution in [2.24, 2.45) is 11.3 Å². The third-order valence-electron chi connectivity index (χ3n) is 4.31. The molecule has 0 spiro atoms. The lowest BCUT2D eigenvalue weighted by Crippen LogP contribution is -2.40. The van der Waals surface area contributed by atoms with E-state index < -0.39 is 0 Å². The average Bonchev–Trinajstić information content (AvgIpc) is 2.99. The zero-order chi connectivity index (χ0) is 10.9. The Morgan fingerprint density at radius 1 is 1.27 bits per heavy atom. The lowest BCUT2D eigenvalue weighted by Gasteiger charge is -2.29. The summed E-state index contributed by atoms with van der Waals surface area (Å²) in [6.45, 7) is 4.36. The third kappa shape index (κ3) is 2.53. The van der Waals surface area contributed by atoms with Crippen molar-refractivity contribution in [3.63, 3.8) is 0 Å². The molecule has 15 heavy (non-hydrogen) atoms. The van der Waals surface area contributed by atoms with E-state index >= 15 is 0 Å². The van der Waals surface area contributed by atoms with Crippen molar-refractivity contribution >= 4 is 5.91 Å². The fourth-order valence-corrected chi connectivity index (χ4v) is 2.49. The highest BCUT2D eigenvalue weighted by molar-refractivity contribution is 5.85. The first-order valence-electron chi connectivity index (χ1n) is 6.45. The molecule has 0 aliphatic heterocycles. The Balaban J connectivity index is 1.74. The molecule has 2 heteroatoms. The predicted octanol–water partition coefficient (Wildman–Crippen LogP) is 2.87. The summed E-state index contributed by atoms with van der Waals surface area (Å²) in [4.78, 5) is 11.8. The van der Waals surface area contributed by atoms with Gasteiger partial charge in [-0.1, -0.05) is 20.3 Å². The van der Waals surface area contributed by atoms with Gasteiger partial charge in [0, 0.05) is 11.5 Å². The van der Waals surface area contributed by atoms with Gasteiger partial charge in [0.1, 0.15) is 0 Å². The van der Waals surface area contributed by atoms with Crippen LogP contribution in [0.4, 0.5) is 0 Å². The zero-order valence-corrected chi connectivity index (χ0v) is 10.0. The van der Waals surface area contributed by atoms with Gasteiger partial charge in [-0.2, -0.15) is 0 Å². The van der Waals surface area contributed by atoms with Gasteiger partial charge in [-0.15, -0.1) is 0 Å². The summed E-state index contributed by atoms with van der Waals surface area (Å²) >= 11 is 0. The van der Waals surface area contributed by atoms with Gasteiger partial charge in [-0.05, 0) is 44.4 Å². The second-order valence-electron chi connectivity index (χ2n) is 5.66. The summed E-state index contributed by atoms with van der Waals surface area (Å²) in [6, 6.07) is 0.470. The van der Waals surface area contributed by atoms with E-state index in [1.54, 1.807) is 0 Å². The summed E-state index contributed by atoms with van der Waals surface area (Å²) in [6.07, 6.45) is 8.47. The first-order chi connectivity index (χ1) is 7.14. The van der Waals surface area contributed by atoms with Crippen molar-refractivity contribution in [1.29, 1.82) is 0 Å². The van der Waals surface area contributed by atoms with Gasteiger partial charge in [0.05, 0.1) is 0 Å². The molecule has 2 rings (SSSR count). The molecule has 2 saturated carbocycles. The molecule has 1 amide bonds. The largest absolute Gasteiger partial charge is 0.353 e. The van der Waals surface area contributed by atoms with Crippen LogP contribution in [0.1, 0.15) is 58.8 Å². The van der Waals surface area contributed by atoms with Gasteiger partial charge in [0.2, 0.25) is 5.91 Å². The summed E-state index contributed by atoms with van der Waals surface area (Å²) in [5.41, 5.74) is 0.00159. The lowest BCUT2D eigenvalue weighted by atomic mass is 9.84. The van der Waals surface area contributed by atoms with Crippen molar-refractivity contribution in [3.05, 3.63) is 0 Å². The average molecular weight is 209 g/mol. The van der Waals surface area contributed by atoms with Crippen molar-refractivity contribution < 1.29 is 4.79 Å². The van der Waals surface area contributed by atoms with Gasteiger partial charge in [-0.25, -0.2) is 0 Å². The molecule has 2 aliphatic rings. The van der Waals surface area contributed by atoms with E-state index in [1.807, 2.05) is 0 Å². The van der Waals surface area contributed by atoms with Gasteiger partial charge in [0.15, 0.2) is 0 Å². The molecular formula is C13H23NO. The quantitative estimate of drug-likeness (QED) is 0.761. The van der Waals surface area contributed by atoms with Gasteiger partial charge >= 0.3 is 0 Å². The molecule has 0 atom stereocenters. The number of hydrogen-bond donors (Lipinski definition) is 1. The molecular weight excluding hydrogens is 186 g/mol. The first-order valence-corrected chi connectivity index (χ1v) is 6.45. The van der Waals surface area contributed by atoms with Crippen LogP contribution in [-0.2, 0) is 4.79 Å². The van der Waals surface area contributed by atoms with Gasteiger partial charge in [0.25, 0.3) is 0 Å². The summed E-state index contributed by atoms with van der Waals surface area (Å²) in [7, 11) is 0. The van der Waals surface area contributed by atoms with Crippen molar-refractivity contribution in [1.82, 2.24) is 5.32 Å². The molecule has 2 nitrogen and oxygen atoms in total.